The van der Waals surface area contributed by atoms with E-state index in [4.69, 9.17) is 4.74 Å². The Bertz CT molecular complexity index is 1540. The van der Waals surface area contributed by atoms with Crippen molar-refractivity contribution in [2.24, 2.45) is 0 Å². The monoisotopic (exact) mass is 446 g/mol. The number of rotatable bonds is 4. The molecule has 1 aliphatic heterocycles. The SMILES string of the molecule is CN(C)c1cccc2c(S(=O)(=O)Nc3ccc4c5c(cccc35)C(=O)OC4=O)cccc12. The van der Waals surface area contributed by atoms with Crippen LogP contribution in [-0.4, -0.2) is 34.5 Å². The number of nitrogens with one attached hydrogen (secondary N) is 1. The van der Waals surface area contributed by atoms with Crippen LogP contribution in [0.2, 0.25) is 0 Å². The van der Waals surface area contributed by atoms with E-state index in [1.54, 1.807) is 36.4 Å². The molecule has 0 amide bonds. The molecule has 0 bridgehead atoms. The molecule has 0 spiro atoms. The number of anilines is 2. The van der Waals surface area contributed by atoms with Gasteiger partial charge in [0.25, 0.3) is 10.0 Å². The smallest absolute Gasteiger partial charge is 0.346 e. The first-order valence-electron chi connectivity index (χ1n) is 9.82. The average Bonchev–Trinajstić information content (AvgIpc) is 2.77. The molecule has 1 N–H and O–H groups in total. The molecule has 1 aliphatic rings. The number of ether oxygens (including phenoxy) is 1. The van der Waals surface area contributed by atoms with Crippen molar-refractivity contribution in [1.29, 1.82) is 0 Å². The van der Waals surface area contributed by atoms with Gasteiger partial charge in [0.2, 0.25) is 0 Å². The van der Waals surface area contributed by atoms with E-state index in [1.165, 1.54) is 12.1 Å². The topological polar surface area (TPSA) is 92.8 Å². The Hall–Kier alpha value is -3.91. The van der Waals surface area contributed by atoms with Gasteiger partial charge in [0, 0.05) is 41.3 Å². The first-order chi connectivity index (χ1) is 15.3. The molecule has 160 valence electrons. The van der Waals surface area contributed by atoms with Crippen LogP contribution in [0.1, 0.15) is 20.7 Å². The second kappa shape index (κ2) is 7.06. The molecular weight excluding hydrogens is 428 g/mol. The Morgan fingerprint density at radius 3 is 2.12 bits per heavy atom. The van der Waals surface area contributed by atoms with E-state index in [2.05, 4.69) is 4.72 Å². The molecule has 0 aromatic heterocycles. The quantitative estimate of drug-likeness (QED) is 0.374. The zero-order valence-corrected chi connectivity index (χ0v) is 18.1. The van der Waals surface area contributed by atoms with E-state index >= 15 is 0 Å². The van der Waals surface area contributed by atoms with Crippen LogP contribution in [0.4, 0.5) is 11.4 Å². The zero-order chi connectivity index (χ0) is 22.6. The molecular formula is C24H18N2O5S. The average molecular weight is 446 g/mol. The second-order valence-electron chi connectivity index (χ2n) is 7.69. The van der Waals surface area contributed by atoms with Gasteiger partial charge >= 0.3 is 11.9 Å². The van der Waals surface area contributed by atoms with Crippen molar-refractivity contribution in [3.63, 3.8) is 0 Å². The van der Waals surface area contributed by atoms with Gasteiger partial charge in [-0.1, -0.05) is 36.4 Å². The van der Waals surface area contributed by atoms with Crippen LogP contribution in [0.5, 0.6) is 0 Å². The number of sulfonamides is 1. The Kier molecular flexibility index (Phi) is 4.42. The Morgan fingerprint density at radius 1 is 0.750 bits per heavy atom. The minimum absolute atomic E-state index is 0.134. The van der Waals surface area contributed by atoms with Crippen molar-refractivity contribution in [1.82, 2.24) is 0 Å². The van der Waals surface area contributed by atoms with Crippen molar-refractivity contribution in [3.8, 4) is 0 Å². The molecule has 4 aromatic carbocycles. The third kappa shape index (κ3) is 2.99. The van der Waals surface area contributed by atoms with Crippen LogP contribution in [-0.2, 0) is 14.8 Å². The molecule has 1 heterocycles. The highest BCUT2D eigenvalue weighted by molar-refractivity contribution is 7.93. The van der Waals surface area contributed by atoms with Crippen LogP contribution in [0, 0.1) is 0 Å². The molecule has 0 radical (unpaired) electrons. The number of hydrogen-bond donors (Lipinski definition) is 1. The summed E-state index contributed by atoms with van der Waals surface area (Å²) in [4.78, 5) is 26.4. The van der Waals surface area contributed by atoms with Crippen LogP contribution < -0.4 is 9.62 Å². The highest BCUT2D eigenvalue weighted by Gasteiger charge is 2.29. The Balaban J connectivity index is 1.68. The molecule has 0 fully saturated rings. The molecule has 0 unspecified atom stereocenters. The van der Waals surface area contributed by atoms with Crippen molar-refractivity contribution < 1.29 is 22.7 Å². The lowest BCUT2D eigenvalue weighted by molar-refractivity contribution is 0.0391. The van der Waals surface area contributed by atoms with Gasteiger partial charge in [-0.3, -0.25) is 4.72 Å². The largest absolute Gasteiger partial charge is 0.386 e. The maximum absolute atomic E-state index is 13.4. The highest BCUT2D eigenvalue weighted by atomic mass is 32.2. The maximum Gasteiger partial charge on any atom is 0.346 e. The van der Waals surface area contributed by atoms with Gasteiger partial charge in [-0.2, -0.15) is 0 Å². The summed E-state index contributed by atoms with van der Waals surface area (Å²) in [7, 11) is -0.188. The summed E-state index contributed by atoms with van der Waals surface area (Å²) in [6.07, 6.45) is 0. The standard InChI is InChI=1S/C24H18N2O5S/c1-26(2)20-10-4-7-15-14(20)6-5-11-21(15)32(29,30)25-19-13-12-18-22-16(19)8-3-9-17(22)23(27)31-24(18)28/h3-13,25H,1-2H3. The van der Waals surface area contributed by atoms with E-state index in [0.29, 0.717) is 16.2 Å². The van der Waals surface area contributed by atoms with Gasteiger partial charge in [0.15, 0.2) is 0 Å². The third-order valence-electron chi connectivity index (χ3n) is 5.54. The predicted molar refractivity (Wildman–Crippen MR) is 123 cm³/mol. The number of fused-ring (bicyclic) bond motifs is 1. The number of carbonyl (C=O) groups is 2. The summed E-state index contributed by atoms with van der Waals surface area (Å²) in [6, 6.07) is 18.4. The molecule has 32 heavy (non-hydrogen) atoms. The molecule has 8 heteroatoms. The van der Waals surface area contributed by atoms with Gasteiger partial charge in [0.05, 0.1) is 21.7 Å². The lowest BCUT2D eigenvalue weighted by Crippen LogP contribution is -2.20. The van der Waals surface area contributed by atoms with Crippen molar-refractivity contribution in [2.45, 2.75) is 4.90 Å². The number of nitrogens with zero attached hydrogens (tertiary/aromatic N) is 1. The first kappa shape index (κ1) is 20.0. The fourth-order valence-electron chi connectivity index (χ4n) is 4.12. The highest BCUT2D eigenvalue weighted by Crippen LogP contribution is 2.36. The fraction of sp³-hybridized carbons (Fsp3) is 0.0833. The van der Waals surface area contributed by atoms with E-state index in [-0.39, 0.29) is 21.7 Å². The summed E-state index contributed by atoms with van der Waals surface area (Å²) in [5, 5.41) is 2.22. The van der Waals surface area contributed by atoms with Crippen LogP contribution in [0.3, 0.4) is 0 Å². The van der Waals surface area contributed by atoms with E-state index in [0.717, 1.165) is 11.1 Å². The van der Waals surface area contributed by atoms with E-state index in [9.17, 15) is 18.0 Å². The second-order valence-corrected chi connectivity index (χ2v) is 9.34. The minimum Gasteiger partial charge on any atom is -0.386 e. The zero-order valence-electron chi connectivity index (χ0n) is 17.2. The Labute approximate surface area is 184 Å². The number of hydrogen-bond acceptors (Lipinski definition) is 6. The number of carbonyl (C=O) groups excluding carboxylic acids is 2. The summed E-state index contributed by atoms with van der Waals surface area (Å²) < 4.78 is 34.3. The minimum atomic E-state index is -3.98. The molecule has 0 atom stereocenters. The van der Waals surface area contributed by atoms with E-state index in [1.807, 2.05) is 37.2 Å². The van der Waals surface area contributed by atoms with Crippen LogP contribution in [0.15, 0.2) is 71.6 Å². The lowest BCUT2D eigenvalue weighted by atomic mass is 9.96. The molecule has 0 aliphatic carbocycles. The van der Waals surface area contributed by atoms with Crippen molar-refractivity contribution in [2.75, 3.05) is 23.7 Å². The molecule has 0 saturated carbocycles. The normalized spacial score (nSPS) is 13.3. The summed E-state index contributed by atoms with van der Waals surface area (Å²) >= 11 is 0. The summed E-state index contributed by atoms with van der Waals surface area (Å²) in [6.45, 7) is 0. The number of benzene rings is 4. The molecule has 7 nitrogen and oxygen atoms in total. The molecule has 4 aromatic rings. The lowest BCUT2D eigenvalue weighted by Gasteiger charge is -2.19. The summed E-state index contributed by atoms with van der Waals surface area (Å²) in [5.41, 5.74) is 1.62. The summed E-state index contributed by atoms with van der Waals surface area (Å²) in [5.74, 6) is -1.50. The van der Waals surface area contributed by atoms with Gasteiger partial charge < -0.3 is 9.64 Å². The van der Waals surface area contributed by atoms with Crippen molar-refractivity contribution in [3.05, 3.63) is 77.9 Å². The van der Waals surface area contributed by atoms with Gasteiger partial charge in [-0.05, 0) is 30.3 Å². The molecule has 0 saturated heterocycles. The Morgan fingerprint density at radius 2 is 1.38 bits per heavy atom. The van der Waals surface area contributed by atoms with Gasteiger partial charge in [0.1, 0.15) is 0 Å². The van der Waals surface area contributed by atoms with Crippen molar-refractivity contribution >= 4 is 54.9 Å². The van der Waals surface area contributed by atoms with E-state index < -0.39 is 22.0 Å². The fourth-order valence-corrected chi connectivity index (χ4v) is 5.42. The van der Waals surface area contributed by atoms with Crippen LogP contribution >= 0.6 is 0 Å². The maximum atomic E-state index is 13.4. The number of esters is 2. The van der Waals surface area contributed by atoms with Crippen LogP contribution in [0.25, 0.3) is 21.5 Å². The predicted octanol–water partition coefficient (Wildman–Crippen LogP) is 4.17. The number of cyclic esters (lactones) is 2. The van der Waals surface area contributed by atoms with Gasteiger partial charge in [-0.15, -0.1) is 0 Å². The first-order valence-corrected chi connectivity index (χ1v) is 11.3. The third-order valence-corrected chi connectivity index (χ3v) is 6.96. The molecule has 5 rings (SSSR count). The van der Waals surface area contributed by atoms with Gasteiger partial charge in [-0.25, -0.2) is 18.0 Å².